The first-order chi connectivity index (χ1) is 8.41. The lowest BCUT2D eigenvalue weighted by molar-refractivity contribution is 0.584. The largest absolute Gasteiger partial charge is 0.334 e. The number of halogens is 4. The van der Waals surface area contributed by atoms with E-state index in [9.17, 15) is 14.0 Å². The quantitative estimate of drug-likeness (QED) is 0.751. The second-order valence-electron chi connectivity index (χ2n) is 3.29. The van der Waals surface area contributed by atoms with Crippen LogP contribution in [0.3, 0.4) is 0 Å². The summed E-state index contributed by atoms with van der Waals surface area (Å²) in [6.07, 6.45) is 0. The van der Waals surface area contributed by atoms with E-state index in [-0.39, 0.29) is 5.69 Å². The zero-order chi connectivity index (χ0) is 13.4. The fraction of sp³-hybridized carbons (Fsp3) is 0. The Hall–Kier alpha value is -0.920. The number of hydrogen-bond donors (Lipinski definition) is 1. The van der Waals surface area contributed by atoms with Crippen LogP contribution >= 0.6 is 43.5 Å². The minimum Gasteiger partial charge on any atom is -0.295 e. The molecule has 0 aliphatic carbocycles. The fourth-order valence-corrected chi connectivity index (χ4v) is 2.76. The van der Waals surface area contributed by atoms with Gasteiger partial charge in [0.2, 0.25) is 5.82 Å². The summed E-state index contributed by atoms with van der Waals surface area (Å²) in [7, 11) is 0. The summed E-state index contributed by atoms with van der Waals surface area (Å²) < 4.78 is 15.3. The summed E-state index contributed by atoms with van der Waals surface area (Å²) in [5.41, 5.74) is -1.69. The molecule has 0 radical (unpaired) electrons. The molecule has 0 spiro atoms. The minimum atomic E-state index is -1.20. The fourth-order valence-electron chi connectivity index (χ4n) is 1.37. The van der Waals surface area contributed by atoms with Crippen LogP contribution in [0.15, 0.2) is 36.7 Å². The molecule has 0 fully saturated rings. The number of benzene rings is 1. The SMILES string of the molecule is O=c1[nH]c(Cl)c(F)c(=O)n1-c1ccc(Br)cc1Br. The van der Waals surface area contributed by atoms with Crippen LogP contribution in [0.2, 0.25) is 5.15 Å². The van der Waals surface area contributed by atoms with E-state index in [0.717, 1.165) is 4.47 Å². The van der Waals surface area contributed by atoms with Gasteiger partial charge in [-0.25, -0.2) is 9.36 Å². The van der Waals surface area contributed by atoms with Crippen molar-refractivity contribution >= 4 is 43.5 Å². The molecule has 1 aromatic heterocycles. The van der Waals surface area contributed by atoms with Gasteiger partial charge in [0.1, 0.15) is 0 Å². The van der Waals surface area contributed by atoms with Crippen molar-refractivity contribution in [3.63, 3.8) is 0 Å². The average molecular weight is 398 g/mol. The first kappa shape index (κ1) is 13.5. The third kappa shape index (κ3) is 2.30. The highest BCUT2D eigenvalue weighted by Gasteiger charge is 2.15. The second kappa shape index (κ2) is 4.99. The van der Waals surface area contributed by atoms with E-state index in [1.54, 1.807) is 12.1 Å². The van der Waals surface area contributed by atoms with Crippen LogP contribution in [0.5, 0.6) is 0 Å². The zero-order valence-corrected chi connectivity index (χ0v) is 12.4. The highest BCUT2D eigenvalue weighted by atomic mass is 79.9. The van der Waals surface area contributed by atoms with Gasteiger partial charge < -0.3 is 0 Å². The van der Waals surface area contributed by atoms with Crippen molar-refractivity contribution in [2.75, 3.05) is 0 Å². The van der Waals surface area contributed by atoms with E-state index in [1.807, 2.05) is 0 Å². The lowest BCUT2D eigenvalue weighted by Crippen LogP contribution is -2.36. The molecule has 0 unspecified atom stereocenters. The molecule has 0 bridgehead atoms. The molecule has 94 valence electrons. The van der Waals surface area contributed by atoms with E-state index < -0.39 is 22.2 Å². The Bertz CT molecular complexity index is 742. The lowest BCUT2D eigenvalue weighted by Gasteiger charge is -2.07. The van der Waals surface area contributed by atoms with Crippen molar-refractivity contribution in [2.24, 2.45) is 0 Å². The molecule has 0 aliphatic rings. The monoisotopic (exact) mass is 396 g/mol. The summed E-state index contributed by atoms with van der Waals surface area (Å²) in [6.45, 7) is 0. The molecule has 18 heavy (non-hydrogen) atoms. The van der Waals surface area contributed by atoms with Gasteiger partial charge in [0.25, 0.3) is 5.56 Å². The van der Waals surface area contributed by atoms with Crippen molar-refractivity contribution in [2.45, 2.75) is 0 Å². The van der Waals surface area contributed by atoms with E-state index in [4.69, 9.17) is 11.6 Å². The van der Waals surface area contributed by atoms with E-state index in [0.29, 0.717) is 9.04 Å². The van der Waals surface area contributed by atoms with Gasteiger partial charge in [-0.1, -0.05) is 27.5 Å². The van der Waals surface area contributed by atoms with Gasteiger partial charge in [-0.15, -0.1) is 0 Å². The van der Waals surface area contributed by atoms with Crippen LogP contribution in [-0.2, 0) is 0 Å². The van der Waals surface area contributed by atoms with Crippen LogP contribution in [0.4, 0.5) is 4.39 Å². The van der Waals surface area contributed by atoms with Gasteiger partial charge >= 0.3 is 5.69 Å². The molecule has 0 saturated carbocycles. The first-order valence-electron chi connectivity index (χ1n) is 4.57. The normalized spacial score (nSPS) is 10.7. The smallest absolute Gasteiger partial charge is 0.295 e. The third-order valence-electron chi connectivity index (χ3n) is 2.15. The number of H-pyrrole nitrogens is 1. The summed E-state index contributed by atoms with van der Waals surface area (Å²) in [5.74, 6) is -1.20. The van der Waals surface area contributed by atoms with Gasteiger partial charge in [0.15, 0.2) is 5.15 Å². The van der Waals surface area contributed by atoms with Crippen molar-refractivity contribution in [1.82, 2.24) is 9.55 Å². The molecule has 0 saturated heterocycles. The van der Waals surface area contributed by atoms with Crippen LogP contribution in [0, 0.1) is 5.82 Å². The molecule has 0 amide bonds. The summed E-state index contributed by atoms with van der Waals surface area (Å²) >= 11 is 11.8. The maximum Gasteiger partial charge on any atom is 0.334 e. The number of hydrogen-bond acceptors (Lipinski definition) is 2. The molecule has 2 aromatic rings. The molecule has 1 N–H and O–H groups in total. The Balaban J connectivity index is 2.84. The number of nitrogens with one attached hydrogen (secondary N) is 1. The van der Waals surface area contributed by atoms with Crippen molar-refractivity contribution < 1.29 is 4.39 Å². The maximum atomic E-state index is 13.4. The second-order valence-corrected chi connectivity index (χ2v) is 5.44. The summed E-state index contributed by atoms with van der Waals surface area (Å²) in [5, 5.41) is -0.602. The van der Waals surface area contributed by atoms with E-state index in [2.05, 4.69) is 36.8 Å². The maximum absolute atomic E-state index is 13.4. The number of aromatic nitrogens is 2. The van der Waals surface area contributed by atoms with Crippen molar-refractivity contribution in [1.29, 1.82) is 0 Å². The Morgan fingerprint density at radius 2 is 1.94 bits per heavy atom. The summed E-state index contributed by atoms with van der Waals surface area (Å²) in [4.78, 5) is 25.4. The predicted molar refractivity (Wildman–Crippen MR) is 73.0 cm³/mol. The first-order valence-corrected chi connectivity index (χ1v) is 6.54. The van der Waals surface area contributed by atoms with Crippen molar-refractivity contribution in [3.05, 3.63) is 59.0 Å². The van der Waals surface area contributed by atoms with Crippen LogP contribution in [0.25, 0.3) is 5.69 Å². The molecule has 2 rings (SSSR count). The molecule has 0 aliphatic heterocycles. The number of rotatable bonds is 1. The Morgan fingerprint density at radius 1 is 1.28 bits per heavy atom. The molecule has 0 atom stereocenters. The standard InChI is InChI=1S/C10H4Br2ClFN2O2/c11-4-1-2-6(5(12)3-4)16-9(17)7(14)8(13)15-10(16)18/h1-3H,(H,15,18). The molecular weight excluding hydrogens is 394 g/mol. The van der Waals surface area contributed by atoms with Crippen LogP contribution in [0.1, 0.15) is 0 Å². The van der Waals surface area contributed by atoms with E-state index >= 15 is 0 Å². The topological polar surface area (TPSA) is 54.9 Å². The van der Waals surface area contributed by atoms with Gasteiger partial charge in [0.05, 0.1) is 5.69 Å². The Morgan fingerprint density at radius 3 is 2.56 bits per heavy atom. The van der Waals surface area contributed by atoms with E-state index in [1.165, 1.54) is 6.07 Å². The lowest BCUT2D eigenvalue weighted by atomic mass is 10.3. The summed E-state index contributed by atoms with van der Waals surface area (Å²) in [6, 6.07) is 4.75. The zero-order valence-electron chi connectivity index (χ0n) is 8.51. The predicted octanol–water partition coefficient (Wildman–Crippen LogP) is 2.84. The highest BCUT2D eigenvalue weighted by molar-refractivity contribution is 9.11. The van der Waals surface area contributed by atoms with Gasteiger partial charge in [-0.05, 0) is 34.1 Å². The number of aromatic amines is 1. The molecule has 1 aromatic carbocycles. The molecule has 1 heterocycles. The van der Waals surface area contributed by atoms with Crippen LogP contribution < -0.4 is 11.2 Å². The minimum absolute atomic E-state index is 0.222. The Kier molecular flexibility index (Phi) is 3.74. The van der Waals surface area contributed by atoms with Gasteiger partial charge in [-0.2, -0.15) is 4.39 Å². The average Bonchev–Trinajstić information content (AvgIpc) is 2.29. The third-order valence-corrected chi connectivity index (χ3v) is 3.54. The van der Waals surface area contributed by atoms with Crippen molar-refractivity contribution in [3.8, 4) is 5.69 Å². The van der Waals surface area contributed by atoms with Crippen LogP contribution in [-0.4, -0.2) is 9.55 Å². The molecular formula is C10H4Br2ClFN2O2. The highest BCUT2D eigenvalue weighted by Crippen LogP contribution is 2.23. The Labute approximate surface area is 122 Å². The molecule has 4 nitrogen and oxygen atoms in total. The van der Waals surface area contributed by atoms with Gasteiger partial charge in [-0.3, -0.25) is 9.78 Å². The van der Waals surface area contributed by atoms with Gasteiger partial charge in [0, 0.05) is 8.95 Å². The number of nitrogens with zero attached hydrogens (tertiary/aromatic N) is 1. The molecule has 8 heteroatoms.